The van der Waals surface area contributed by atoms with Crippen LogP contribution in [0.5, 0.6) is 0 Å². The predicted molar refractivity (Wildman–Crippen MR) is 51.6 cm³/mol. The van der Waals surface area contributed by atoms with Gasteiger partial charge in [0.2, 0.25) is 0 Å². The zero-order valence-electron chi connectivity index (χ0n) is 7.54. The molecule has 0 amide bonds. The third-order valence-corrected chi connectivity index (χ3v) is 1.37. The summed E-state index contributed by atoms with van der Waals surface area (Å²) in [7, 11) is 0. The zero-order chi connectivity index (χ0) is 7.61. The van der Waals surface area contributed by atoms with Crippen molar-refractivity contribution in [3.8, 4) is 0 Å². The minimum Gasteiger partial charge on any atom is -0.388 e. The summed E-state index contributed by atoms with van der Waals surface area (Å²) in [5.74, 6) is 0. The van der Waals surface area contributed by atoms with Gasteiger partial charge in [-0.3, -0.25) is 0 Å². The standard InChI is InChI=1S/C9H11O.H3P.Y/c1-9(2,10)8-6-4-3-5-7-8;;/h3-6,10H,1-2H3;1H3;/q-1;;. The van der Waals surface area contributed by atoms with Gasteiger partial charge in [0.25, 0.3) is 0 Å². The molecule has 0 aliphatic carbocycles. The molecule has 1 unspecified atom stereocenters. The summed E-state index contributed by atoms with van der Waals surface area (Å²) in [6.07, 6.45) is 0. The topological polar surface area (TPSA) is 20.2 Å². The Morgan fingerprint density at radius 2 is 1.92 bits per heavy atom. The van der Waals surface area contributed by atoms with Gasteiger partial charge in [-0.05, 0) is 13.8 Å². The summed E-state index contributed by atoms with van der Waals surface area (Å²) >= 11 is 0. The first-order valence-corrected chi connectivity index (χ1v) is 3.30. The van der Waals surface area contributed by atoms with E-state index in [4.69, 9.17) is 0 Å². The molecule has 1 radical (unpaired) electrons. The van der Waals surface area contributed by atoms with Gasteiger partial charge >= 0.3 is 0 Å². The van der Waals surface area contributed by atoms with E-state index in [0.29, 0.717) is 0 Å². The summed E-state index contributed by atoms with van der Waals surface area (Å²) in [4.78, 5) is 0. The summed E-state index contributed by atoms with van der Waals surface area (Å²) in [5, 5.41) is 9.46. The van der Waals surface area contributed by atoms with Gasteiger partial charge in [0, 0.05) is 32.7 Å². The van der Waals surface area contributed by atoms with Crippen LogP contribution >= 0.6 is 9.90 Å². The van der Waals surface area contributed by atoms with Gasteiger partial charge in [-0.2, -0.15) is 40.2 Å². The largest absolute Gasteiger partial charge is 0.388 e. The smallest absolute Gasteiger partial charge is 0.0618 e. The maximum Gasteiger partial charge on any atom is 0.0618 e. The molecule has 0 heterocycles. The molecule has 1 N–H and O–H groups in total. The van der Waals surface area contributed by atoms with Gasteiger partial charge in [0.15, 0.2) is 0 Å². The number of rotatable bonds is 1. The first-order chi connectivity index (χ1) is 4.61. The number of aliphatic hydroxyl groups is 1. The minimum absolute atomic E-state index is 0. The molecule has 0 aliphatic rings. The van der Waals surface area contributed by atoms with Crippen LogP contribution in [0.3, 0.4) is 0 Å². The van der Waals surface area contributed by atoms with E-state index in [-0.39, 0.29) is 42.6 Å². The molecule has 1 rings (SSSR count). The van der Waals surface area contributed by atoms with Crippen molar-refractivity contribution in [3.05, 3.63) is 35.9 Å². The van der Waals surface area contributed by atoms with Crippen LogP contribution in [-0.2, 0) is 38.3 Å². The summed E-state index contributed by atoms with van der Waals surface area (Å²) in [6, 6.07) is 10.4. The monoisotopic (exact) mass is 258 g/mol. The SMILES string of the molecule is CC(C)(O)c1[c-]cccc1.P.[Y]. The third kappa shape index (κ3) is 4.67. The molecule has 0 aromatic heterocycles. The maximum absolute atomic E-state index is 9.46. The number of benzene rings is 1. The Balaban J connectivity index is 0. The summed E-state index contributed by atoms with van der Waals surface area (Å²) < 4.78 is 0. The second-order valence-corrected chi connectivity index (χ2v) is 2.84. The molecule has 0 aliphatic heterocycles. The molecule has 1 aromatic carbocycles. The Bertz CT molecular complexity index is 206. The minimum atomic E-state index is -0.763. The Morgan fingerprint density at radius 3 is 2.17 bits per heavy atom. The molecule has 0 spiro atoms. The van der Waals surface area contributed by atoms with Crippen molar-refractivity contribution in [3.63, 3.8) is 0 Å². The summed E-state index contributed by atoms with van der Waals surface area (Å²) in [5.41, 5.74) is 0.0661. The molecule has 65 valence electrons. The van der Waals surface area contributed by atoms with E-state index < -0.39 is 5.60 Å². The Kier molecular flexibility index (Phi) is 7.87. The maximum atomic E-state index is 9.46. The van der Waals surface area contributed by atoms with Crippen LogP contribution in [0.1, 0.15) is 19.4 Å². The molecule has 12 heavy (non-hydrogen) atoms. The quantitative estimate of drug-likeness (QED) is 0.601. The van der Waals surface area contributed by atoms with E-state index in [1.807, 2.05) is 18.2 Å². The molecular formula is C9H14OPY-. The van der Waals surface area contributed by atoms with Crippen molar-refractivity contribution in [1.82, 2.24) is 0 Å². The molecule has 1 nitrogen and oxygen atoms in total. The number of hydrogen-bond donors (Lipinski definition) is 1. The van der Waals surface area contributed by atoms with Crippen LogP contribution in [0, 0.1) is 6.07 Å². The van der Waals surface area contributed by atoms with Crippen LogP contribution in [0.2, 0.25) is 0 Å². The molecule has 0 saturated carbocycles. The van der Waals surface area contributed by atoms with E-state index in [9.17, 15) is 5.11 Å². The van der Waals surface area contributed by atoms with E-state index in [2.05, 4.69) is 6.07 Å². The van der Waals surface area contributed by atoms with Gasteiger partial charge in [-0.25, -0.2) is 0 Å². The molecule has 0 fully saturated rings. The summed E-state index contributed by atoms with van der Waals surface area (Å²) in [6.45, 7) is 3.50. The van der Waals surface area contributed by atoms with Gasteiger partial charge < -0.3 is 5.11 Å². The normalized spacial score (nSPS) is 9.58. The van der Waals surface area contributed by atoms with Crippen molar-refractivity contribution in [1.29, 1.82) is 0 Å². The van der Waals surface area contributed by atoms with Crippen LogP contribution in [0.25, 0.3) is 0 Å². The molecular weight excluding hydrogens is 244 g/mol. The zero-order valence-corrected chi connectivity index (χ0v) is 11.8. The van der Waals surface area contributed by atoms with Gasteiger partial charge in [-0.15, -0.1) is 5.56 Å². The second kappa shape index (κ2) is 6.21. The van der Waals surface area contributed by atoms with Crippen LogP contribution in [-0.4, -0.2) is 5.11 Å². The predicted octanol–water partition coefficient (Wildman–Crippen LogP) is 1.77. The molecule has 1 atom stereocenters. The van der Waals surface area contributed by atoms with Crippen molar-refractivity contribution in [2.75, 3.05) is 0 Å². The van der Waals surface area contributed by atoms with E-state index in [1.54, 1.807) is 19.9 Å². The molecule has 1 aromatic rings. The average molecular weight is 258 g/mol. The Hall–Kier alpha value is 0.714. The van der Waals surface area contributed by atoms with Crippen molar-refractivity contribution in [2.45, 2.75) is 19.4 Å². The Labute approximate surface area is 102 Å². The third-order valence-electron chi connectivity index (χ3n) is 1.37. The fourth-order valence-corrected chi connectivity index (χ4v) is 0.774. The first-order valence-electron chi connectivity index (χ1n) is 3.30. The number of hydrogen-bond acceptors (Lipinski definition) is 1. The van der Waals surface area contributed by atoms with Crippen molar-refractivity contribution >= 4 is 9.90 Å². The Morgan fingerprint density at radius 1 is 1.33 bits per heavy atom. The van der Waals surface area contributed by atoms with Crippen molar-refractivity contribution < 1.29 is 37.8 Å². The fourth-order valence-electron chi connectivity index (χ4n) is 0.774. The van der Waals surface area contributed by atoms with Gasteiger partial charge in [-0.1, -0.05) is 0 Å². The first kappa shape index (κ1) is 15.2. The molecule has 0 bridgehead atoms. The van der Waals surface area contributed by atoms with E-state index in [0.717, 1.165) is 5.56 Å². The fraction of sp³-hybridized carbons (Fsp3) is 0.333. The average Bonchev–Trinajstić information content (AvgIpc) is 1.88. The van der Waals surface area contributed by atoms with E-state index >= 15 is 0 Å². The van der Waals surface area contributed by atoms with Crippen LogP contribution in [0.15, 0.2) is 24.3 Å². The van der Waals surface area contributed by atoms with Crippen LogP contribution < -0.4 is 0 Å². The molecule has 3 heteroatoms. The van der Waals surface area contributed by atoms with Gasteiger partial charge in [0.1, 0.15) is 0 Å². The van der Waals surface area contributed by atoms with E-state index in [1.165, 1.54) is 0 Å². The van der Waals surface area contributed by atoms with Crippen molar-refractivity contribution in [2.24, 2.45) is 0 Å². The molecule has 0 saturated heterocycles. The van der Waals surface area contributed by atoms with Gasteiger partial charge in [0.05, 0.1) is 5.60 Å². The second-order valence-electron chi connectivity index (χ2n) is 2.84. The van der Waals surface area contributed by atoms with Crippen LogP contribution in [0.4, 0.5) is 0 Å².